The first kappa shape index (κ1) is 13.2. The third kappa shape index (κ3) is 10.1. The van der Waals surface area contributed by atoms with Crippen molar-refractivity contribution in [3.05, 3.63) is 0 Å². The minimum Gasteiger partial charge on any atom is -0.330 e. The molecule has 4 heteroatoms. The monoisotopic (exact) mass is 205 g/mol. The van der Waals surface area contributed by atoms with Crippen LogP contribution in [0.4, 0.5) is 0 Å². The van der Waals surface area contributed by atoms with Crippen molar-refractivity contribution < 1.29 is 0 Å². The van der Waals surface area contributed by atoms with Crippen LogP contribution < -0.4 is 17.2 Å². The normalized spacial score (nSPS) is 15.7. The van der Waals surface area contributed by atoms with E-state index in [9.17, 15) is 0 Å². The van der Waals surface area contributed by atoms with E-state index < -0.39 is 0 Å². The highest BCUT2D eigenvalue weighted by atomic mass is 32.2. The van der Waals surface area contributed by atoms with Crippen molar-refractivity contribution >= 4 is 11.8 Å². The fourth-order valence-corrected chi connectivity index (χ4v) is 1.88. The van der Waals surface area contributed by atoms with Gasteiger partial charge in [-0.2, -0.15) is 11.8 Å². The van der Waals surface area contributed by atoms with Crippen LogP contribution in [0.25, 0.3) is 0 Å². The third-order valence-electron chi connectivity index (χ3n) is 1.89. The van der Waals surface area contributed by atoms with Crippen LogP contribution in [-0.2, 0) is 0 Å². The molecule has 0 saturated carbocycles. The van der Waals surface area contributed by atoms with E-state index in [1.165, 1.54) is 0 Å². The van der Waals surface area contributed by atoms with E-state index in [1.54, 1.807) is 0 Å². The molecule has 0 aromatic carbocycles. The summed E-state index contributed by atoms with van der Waals surface area (Å²) in [5, 5.41) is 0. The molecule has 0 bridgehead atoms. The van der Waals surface area contributed by atoms with Gasteiger partial charge in [0.15, 0.2) is 0 Å². The summed E-state index contributed by atoms with van der Waals surface area (Å²) in [4.78, 5) is 0. The molecule has 6 N–H and O–H groups in total. The average Bonchev–Trinajstić information content (AvgIpc) is 2.09. The van der Waals surface area contributed by atoms with Crippen LogP contribution in [0.15, 0.2) is 0 Å². The Morgan fingerprint density at radius 2 is 1.77 bits per heavy atom. The summed E-state index contributed by atoms with van der Waals surface area (Å²) in [5.41, 5.74) is 16.9. The highest BCUT2D eigenvalue weighted by Gasteiger charge is 2.03. The molecule has 0 spiro atoms. The zero-order chi connectivity index (χ0) is 10.1. The molecule has 0 rings (SSSR count). The summed E-state index contributed by atoms with van der Waals surface area (Å²) in [6, 6.07) is 0.596. The van der Waals surface area contributed by atoms with Crippen molar-refractivity contribution in [2.24, 2.45) is 17.2 Å². The number of thioether (sulfide) groups is 1. The van der Waals surface area contributed by atoms with Gasteiger partial charge in [0.25, 0.3) is 0 Å². The average molecular weight is 205 g/mol. The second kappa shape index (κ2) is 8.81. The molecule has 0 amide bonds. The third-order valence-corrected chi connectivity index (χ3v) is 2.94. The Bertz CT molecular complexity index is 109. The van der Waals surface area contributed by atoms with Gasteiger partial charge in [-0.3, -0.25) is 0 Å². The van der Waals surface area contributed by atoms with Gasteiger partial charge in [-0.1, -0.05) is 0 Å². The molecule has 2 unspecified atom stereocenters. The molecule has 0 aromatic heterocycles. The smallest absolute Gasteiger partial charge is 0.00558 e. The fourth-order valence-electron chi connectivity index (χ4n) is 1.04. The fraction of sp³-hybridized carbons (Fsp3) is 1.00. The topological polar surface area (TPSA) is 78.1 Å². The van der Waals surface area contributed by atoms with Crippen molar-refractivity contribution in [3.63, 3.8) is 0 Å². The van der Waals surface area contributed by atoms with Crippen LogP contribution in [0.1, 0.15) is 26.2 Å². The molecule has 2 atom stereocenters. The summed E-state index contributed by atoms with van der Waals surface area (Å²) in [7, 11) is 0. The van der Waals surface area contributed by atoms with Gasteiger partial charge in [0.2, 0.25) is 0 Å². The summed E-state index contributed by atoms with van der Waals surface area (Å²) < 4.78 is 0. The molecule has 0 aliphatic rings. The van der Waals surface area contributed by atoms with E-state index in [0.29, 0.717) is 6.04 Å². The van der Waals surface area contributed by atoms with Gasteiger partial charge in [0, 0.05) is 24.4 Å². The Kier molecular flexibility index (Phi) is 8.97. The van der Waals surface area contributed by atoms with E-state index in [0.717, 1.165) is 37.3 Å². The van der Waals surface area contributed by atoms with Crippen LogP contribution in [0.2, 0.25) is 0 Å². The Morgan fingerprint density at radius 3 is 2.31 bits per heavy atom. The summed E-state index contributed by atoms with van der Waals surface area (Å²) in [5.74, 6) is 2.16. The van der Waals surface area contributed by atoms with Gasteiger partial charge < -0.3 is 17.2 Å². The highest BCUT2D eigenvalue weighted by Crippen LogP contribution is 2.07. The Morgan fingerprint density at radius 1 is 1.08 bits per heavy atom. The van der Waals surface area contributed by atoms with Crippen LogP contribution in [-0.4, -0.2) is 30.1 Å². The van der Waals surface area contributed by atoms with Gasteiger partial charge in [0.1, 0.15) is 0 Å². The first-order chi connectivity index (χ1) is 6.16. The quantitative estimate of drug-likeness (QED) is 0.505. The Balaban J connectivity index is 3.15. The van der Waals surface area contributed by atoms with Crippen LogP contribution in [0.3, 0.4) is 0 Å². The van der Waals surface area contributed by atoms with Gasteiger partial charge >= 0.3 is 0 Å². The highest BCUT2D eigenvalue weighted by molar-refractivity contribution is 7.99. The lowest BCUT2D eigenvalue weighted by Crippen LogP contribution is -2.25. The Labute approximate surface area is 85.8 Å². The van der Waals surface area contributed by atoms with E-state index in [4.69, 9.17) is 17.2 Å². The number of nitrogens with two attached hydrogens (primary N) is 3. The predicted octanol–water partition coefficient (Wildman–Crippen LogP) is 0.523. The SMILES string of the molecule is CC(N)CCC(N)CCSCCN. The molecule has 0 aliphatic heterocycles. The summed E-state index contributed by atoms with van der Waals surface area (Å²) >= 11 is 1.88. The largest absolute Gasteiger partial charge is 0.330 e. The van der Waals surface area contributed by atoms with E-state index in [-0.39, 0.29) is 6.04 Å². The first-order valence-corrected chi connectivity index (χ1v) is 6.11. The lowest BCUT2D eigenvalue weighted by atomic mass is 10.1. The van der Waals surface area contributed by atoms with E-state index in [1.807, 2.05) is 18.7 Å². The van der Waals surface area contributed by atoms with Gasteiger partial charge in [0.05, 0.1) is 0 Å². The van der Waals surface area contributed by atoms with Gasteiger partial charge in [-0.05, 0) is 31.9 Å². The molecule has 0 aromatic rings. The molecule has 0 aliphatic carbocycles. The molecular formula is C9H23N3S. The molecule has 13 heavy (non-hydrogen) atoms. The predicted molar refractivity (Wildman–Crippen MR) is 61.9 cm³/mol. The zero-order valence-electron chi connectivity index (χ0n) is 8.54. The molecule has 3 nitrogen and oxygen atoms in total. The lowest BCUT2D eigenvalue weighted by molar-refractivity contribution is 0.530. The van der Waals surface area contributed by atoms with Gasteiger partial charge in [-0.15, -0.1) is 0 Å². The summed E-state index contributed by atoms with van der Waals surface area (Å²) in [6.45, 7) is 2.79. The van der Waals surface area contributed by atoms with E-state index >= 15 is 0 Å². The van der Waals surface area contributed by atoms with Crippen LogP contribution in [0.5, 0.6) is 0 Å². The number of rotatable bonds is 8. The maximum atomic E-state index is 5.90. The standard InChI is InChI=1S/C9H23N3S/c1-8(11)2-3-9(12)4-6-13-7-5-10/h8-9H,2-7,10-12H2,1H3. The minimum atomic E-state index is 0.280. The molecular weight excluding hydrogens is 182 g/mol. The molecule has 0 fully saturated rings. The van der Waals surface area contributed by atoms with E-state index in [2.05, 4.69) is 0 Å². The second-order valence-corrected chi connectivity index (χ2v) is 4.73. The molecule has 0 saturated heterocycles. The zero-order valence-corrected chi connectivity index (χ0v) is 9.35. The molecule has 0 heterocycles. The first-order valence-electron chi connectivity index (χ1n) is 4.95. The molecule has 80 valence electrons. The molecule has 0 radical (unpaired) electrons. The van der Waals surface area contributed by atoms with Crippen molar-refractivity contribution in [2.45, 2.75) is 38.3 Å². The van der Waals surface area contributed by atoms with Crippen LogP contribution in [0, 0.1) is 0 Å². The maximum Gasteiger partial charge on any atom is 0.00558 e. The van der Waals surface area contributed by atoms with Crippen molar-refractivity contribution in [3.8, 4) is 0 Å². The number of hydrogen-bond acceptors (Lipinski definition) is 4. The van der Waals surface area contributed by atoms with Crippen molar-refractivity contribution in [2.75, 3.05) is 18.1 Å². The second-order valence-electron chi connectivity index (χ2n) is 3.50. The Hall–Kier alpha value is 0.230. The summed E-state index contributed by atoms with van der Waals surface area (Å²) in [6.07, 6.45) is 3.15. The number of hydrogen-bond donors (Lipinski definition) is 3. The van der Waals surface area contributed by atoms with Gasteiger partial charge in [-0.25, -0.2) is 0 Å². The van der Waals surface area contributed by atoms with Crippen molar-refractivity contribution in [1.82, 2.24) is 0 Å². The maximum absolute atomic E-state index is 5.90. The van der Waals surface area contributed by atoms with Crippen molar-refractivity contribution in [1.29, 1.82) is 0 Å². The lowest BCUT2D eigenvalue weighted by Gasteiger charge is -2.12. The van der Waals surface area contributed by atoms with Crippen LogP contribution >= 0.6 is 11.8 Å². The minimum absolute atomic E-state index is 0.280.